The molecule has 1 amide bonds. The molecule has 0 bridgehead atoms. The molecule has 4 rings (SSSR count). The van der Waals surface area contributed by atoms with E-state index in [1.54, 1.807) is 22.9 Å². The molecular formula is C17H13N3OS. The van der Waals surface area contributed by atoms with Gasteiger partial charge >= 0.3 is 0 Å². The summed E-state index contributed by atoms with van der Waals surface area (Å²) in [4.78, 5) is 23.4. The van der Waals surface area contributed by atoms with Crippen molar-refractivity contribution in [1.82, 2.24) is 4.98 Å². The molecule has 2 aromatic rings. The van der Waals surface area contributed by atoms with E-state index < -0.39 is 0 Å². The molecule has 0 aliphatic carbocycles. The number of para-hydroxylation sites is 1. The molecule has 4 nitrogen and oxygen atoms in total. The zero-order chi connectivity index (χ0) is 14.9. The number of amidine groups is 1. The van der Waals surface area contributed by atoms with Gasteiger partial charge in [-0.05, 0) is 24.3 Å². The topological polar surface area (TPSA) is 45.6 Å². The molecule has 3 heterocycles. The lowest BCUT2D eigenvalue weighted by molar-refractivity contribution is -0.112. The number of amides is 1. The Kier molecular flexibility index (Phi) is 3.27. The van der Waals surface area contributed by atoms with Crippen molar-refractivity contribution in [3.63, 3.8) is 0 Å². The van der Waals surface area contributed by atoms with Gasteiger partial charge in [0, 0.05) is 17.5 Å². The highest BCUT2D eigenvalue weighted by atomic mass is 32.2. The van der Waals surface area contributed by atoms with Gasteiger partial charge in [0.1, 0.15) is 0 Å². The van der Waals surface area contributed by atoms with Gasteiger partial charge in [-0.25, -0.2) is 0 Å². The van der Waals surface area contributed by atoms with Gasteiger partial charge in [-0.3, -0.25) is 19.7 Å². The molecule has 2 aliphatic heterocycles. The minimum atomic E-state index is -0.0278. The summed E-state index contributed by atoms with van der Waals surface area (Å²) in [6, 6.07) is 13.5. The van der Waals surface area contributed by atoms with Crippen molar-refractivity contribution >= 4 is 40.2 Å². The average molecular weight is 307 g/mol. The van der Waals surface area contributed by atoms with Crippen molar-refractivity contribution in [3.05, 3.63) is 59.9 Å². The summed E-state index contributed by atoms with van der Waals surface area (Å²) < 4.78 is 0. The van der Waals surface area contributed by atoms with Crippen LogP contribution in [0.5, 0.6) is 0 Å². The molecular weight excluding hydrogens is 294 g/mol. The van der Waals surface area contributed by atoms with E-state index in [0.29, 0.717) is 5.57 Å². The number of thioether (sulfide) groups is 1. The van der Waals surface area contributed by atoms with Crippen molar-refractivity contribution in [2.75, 3.05) is 17.2 Å². The molecule has 0 saturated carbocycles. The standard InChI is InChI=1S/C17H13N3OS/c21-16-14(11-12-5-3-4-8-18-12)13-6-1-2-7-15(13)20(16)17-19-9-10-22-17/h1-8,11H,9-10H2. The van der Waals surface area contributed by atoms with Crippen LogP contribution in [0.4, 0.5) is 5.69 Å². The van der Waals surface area contributed by atoms with Gasteiger partial charge < -0.3 is 0 Å². The summed E-state index contributed by atoms with van der Waals surface area (Å²) in [5, 5.41) is 0.793. The molecule has 1 aromatic heterocycles. The second kappa shape index (κ2) is 5.42. The van der Waals surface area contributed by atoms with E-state index in [9.17, 15) is 4.79 Å². The van der Waals surface area contributed by atoms with Crippen LogP contribution in [0.25, 0.3) is 11.6 Å². The number of fused-ring (bicyclic) bond motifs is 1. The summed E-state index contributed by atoms with van der Waals surface area (Å²) >= 11 is 1.63. The number of benzene rings is 1. The fourth-order valence-corrected chi connectivity index (χ4v) is 3.50. The van der Waals surface area contributed by atoms with E-state index in [4.69, 9.17) is 0 Å². The normalized spacial score (nSPS) is 18.7. The van der Waals surface area contributed by atoms with Gasteiger partial charge in [-0.1, -0.05) is 36.0 Å². The van der Waals surface area contributed by atoms with Crippen LogP contribution in [-0.2, 0) is 4.79 Å². The molecule has 1 aromatic carbocycles. The van der Waals surface area contributed by atoms with Crippen LogP contribution in [0, 0.1) is 0 Å². The number of carbonyl (C=O) groups excluding carboxylic acids is 1. The second-order valence-electron chi connectivity index (χ2n) is 4.98. The van der Waals surface area contributed by atoms with E-state index in [2.05, 4.69) is 9.98 Å². The third-order valence-corrected chi connectivity index (χ3v) is 4.57. The maximum atomic E-state index is 12.9. The Morgan fingerprint density at radius 2 is 2.00 bits per heavy atom. The first kappa shape index (κ1) is 13.3. The fraction of sp³-hybridized carbons (Fsp3) is 0.118. The molecule has 0 spiro atoms. The van der Waals surface area contributed by atoms with Crippen molar-refractivity contribution < 1.29 is 4.79 Å². The summed E-state index contributed by atoms with van der Waals surface area (Å²) in [5.41, 5.74) is 3.30. The molecule has 0 unspecified atom stereocenters. The molecule has 0 atom stereocenters. The first-order chi connectivity index (χ1) is 10.8. The van der Waals surface area contributed by atoms with Crippen molar-refractivity contribution in [1.29, 1.82) is 0 Å². The Morgan fingerprint density at radius 1 is 1.14 bits per heavy atom. The number of aliphatic imine (C=N–C) groups is 1. The number of nitrogens with zero attached hydrogens (tertiary/aromatic N) is 3. The lowest BCUT2D eigenvalue weighted by Crippen LogP contribution is -2.30. The quantitative estimate of drug-likeness (QED) is 0.761. The van der Waals surface area contributed by atoms with E-state index in [0.717, 1.165) is 34.4 Å². The Balaban J connectivity index is 1.84. The van der Waals surface area contributed by atoms with Gasteiger partial charge in [-0.15, -0.1) is 0 Å². The molecule has 0 N–H and O–H groups in total. The summed E-state index contributed by atoms with van der Waals surface area (Å²) in [6.45, 7) is 0.769. The highest BCUT2D eigenvalue weighted by molar-refractivity contribution is 8.14. The lowest BCUT2D eigenvalue weighted by Gasteiger charge is -2.15. The molecule has 0 radical (unpaired) electrons. The van der Waals surface area contributed by atoms with Crippen LogP contribution in [0.2, 0.25) is 0 Å². The SMILES string of the molecule is O=C1C(=Cc2ccccn2)c2ccccc2N1C1=NCCS1. The largest absolute Gasteiger partial charge is 0.268 e. The van der Waals surface area contributed by atoms with Crippen LogP contribution < -0.4 is 4.90 Å². The summed E-state index contributed by atoms with van der Waals surface area (Å²) in [5.74, 6) is 0.903. The predicted octanol–water partition coefficient (Wildman–Crippen LogP) is 3.07. The molecule has 0 saturated heterocycles. The third kappa shape index (κ3) is 2.14. The van der Waals surface area contributed by atoms with Crippen LogP contribution in [-0.4, -0.2) is 28.4 Å². The van der Waals surface area contributed by atoms with Crippen molar-refractivity contribution in [2.45, 2.75) is 0 Å². The van der Waals surface area contributed by atoms with Gasteiger partial charge in [0.15, 0.2) is 5.17 Å². The highest BCUT2D eigenvalue weighted by Crippen LogP contribution is 2.39. The predicted molar refractivity (Wildman–Crippen MR) is 90.8 cm³/mol. The Bertz CT molecular complexity index is 799. The van der Waals surface area contributed by atoms with E-state index >= 15 is 0 Å². The first-order valence-electron chi connectivity index (χ1n) is 7.08. The Hall–Kier alpha value is -2.40. The maximum Gasteiger partial charge on any atom is 0.265 e. The van der Waals surface area contributed by atoms with E-state index in [1.165, 1.54) is 0 Å². The number of anilines is 1. The molecule has 108 valence electrons. The van der Waals surface area contributed by atoms with Crippen molar-refractivity contribution in [2.24, 2.45) is 4.99 Å². The molecule has 5 heteroatoms. The van der Waals surface area contributed by atoms with Crippen LogP contribution in [0.15, 0.2) is 53.7 Å². The number of carbonyl (C=O) groups is 1. The van der Waals surface area contributed by atoms with E-state index in [1.807, 2.05) is 48.5 Å². The zero-order valence-corrected chi connectivity index (χ0v) is 12.6. The van der Waals surface area contributed by atoms with Crippen LogP contribution in [0.3, 0.4) is 0 Å². The Labute approximate surface area is 132 Å². The number of hydrogen-bond donors (Lipinski definition) is 0. The smallest absolute Gasteiger partial charge is 0.265 e. The number of aromatic nitrogens is 1. The number of pyridine rings is 1. The van der Waals surface area contributed by atoms with Gasteiger partial charge in [0.05, 0.1) is 23.5 Å². The van der Waals surface area contributed by atoms with E-state index in [-0.39, 0.29) is 5.91 Å². The minimum absolute atomic E-state index is 0.0278. The summed E-state index contributed by atoms with van der Waals surface area (Å²) in [6.07, 6.45) is 3.58. The average Bonchev–Trinajstić information content (AvgIpc) is 3.16. The molecule has 0 fully saturated rings. The fourth-order valence-electron chi connectivity index (χ4n) is 2.64. The number of hydrogen-bond acceptors (Lipinski definition) is 4. The van der Waals surface area contributed by atoms with Crippen LogP contribution in [0.1, 0.15) is 11.3 Å². The molecule has 2 aliphatic rings. The lowest BCUT2D eigenvalue weighted by atomic mass is 10.1. The monoisotopic (exact) mass is 307 g/mol. The first-order valence-corrected chi connectivity index (χ1v) is 8.07. The number of rotatable bonds is 1. The third-order valence-electron chi connectivity index (χ3n) is 3.61. The van der Waals surface area contributed by atoms with Gasteiger partial charge in [0.25, 0.3) is 5.91 Å². The van der Waals surface area contributed by atoms with Crippen LogP contribution >= 0.6 is 11.8 Å². The highest BCUT2D eigenvalue weighted by Gasteiger charge is 2.36. The Morgan fingerprint density at radius 3 is 2.77 bits per heavy atom. The zero-order valence-electron chi connectivity index (χ0n) is 11.8. The summed E-state index contributed by atoms with van der Waals surface area (Å²) in [7, 11) is 0. The molecule has 22 heavy (non-hydrogen) atoms. The van der Waals surface area contributed by atoms with Crippen molar-refractivity contribution in [3.8, 4) is 0 Å². The minimum Gasteiger partial charge on any atom is -0.268 e. The van der Waals surface area contributed by atoms with Gasteiger partial charge in [0.2, 0.25) is 0 Å². The maximum absolute atomic E-state index is 12.9. The second-order valence-corrected chi connectivity index (χ2v) is 6.05. The van der Waals surface area contributed by atoms with Gasteiger partial charge in [-0.2, -0.15) is 0 Å².